The van der Waals surface area contributed by atoms with Crippen molar-refractivity contribution in [2.45, 2.75) is 13.8 Å². The minimum Gasteiger partial charge on any atom is -0.193 e. The minimum atomic E-state index is 0.525. The van der Waals surface area contributed by atoms with Gasteiger partial charge in [0.25, 0.3) is 0 Å². The molecule has 1 aromatic rings. The standard InChI is InChI=1S/C11H9BrClN/c1-7-5-9(12)3-4-10(7)11(13)8(2)6-14/h3-5H,1-2H3. The second-order valence-corrected chi connectivity index (χ2v) is 4.30. The molecule has 0 aromatic heterocycles. The van der Waals surface area contributed by atoms with Crippen LogP contribution in [0.4, 0.5) is 0 Å². The molecule has 0 bridgehead atoms. The molecular formula is C11H9BrClN. The van der Waals surface area contributed by atoms with Gasteiger partial charge in [-0.05, 0) is 37.1 Å². The van der Waals surface area contributed by atoms with Crippen molar-refractivity contribution in [3.8, 4) is 6.07 Å². The molecule has 3 heteroatoms. The second-order valence-electron chi connectivity index (χ2n) is 3.01. The van der Waals surface area contributed by atoms with Gasteiger partial charge in [-0.15, -0.1) is 0 Å². The molecule has 72 valence electrons. The van der Waals surface area contributed by atoms with Gasteiger partial charge in [-0.1, -0.05) is 33.6 Å². The molecule has 0 radical (unpaired) electrons. The lowest BCUT2D eigenvalue weighted by Crippen LogP contribution is -1.86. The van der Waals surface area contributed by atoms with E-state index >= 15 is 0 Å². The molecular weight excluding hydrogens is 261 g/mol. The first-order valence-corrected chi connectivity index (χ1v) is 5.26. The van der Waals surface area contributed by atoms with E-state index in [2.05, 4.69) is 15.9 Å². The van der Waals surface area contributed by atoms with Gasteiger partial charge in [-0.3, -0.25) is 0 Å². The van der Waals surface area contributed by atoms with Gasteiger partial charge in [-0.2, -0.15) is 5.26 Å². The molecule has 0 aliphatic heterocycles. The zero-order chi connectivity index (χ0) is 10.7. The number of rotatable bonds is 1. The zero-order valence-corrected chi connectivity index (χ0v) is 10.3. The van der Waals surface area contributed by atoms with Crippen molar-refractivity contribution in [2.75, 3.05) is 0 Å². The normalized spacial score (nSPS) is 11.9. The Kier molecular flexibility index (Phi) is 3.74. The predicted molar refractivity (Wildman–Crippen MR) is 62.9 cm³/mol. The monoisotopic (exact) mass is 269 g/mol. The van der Waals surface area contributed by atoms with E-state index < -0.39 is 0 Å². The average Bonchev–Trinajstić information content (AvgIpc) is 2.15. The van der Waals surface area contributed by atoms with Gasteiger partial charge < -0.3 is 0 Å². The fraction of sp³-hybridized carbons (Fsp3) is 0.182. The maximum atomic E-state index is 8.71. The van der Waals surface area contributed by atoms with Crippen LogP contribution < -0.4 is 0 Å². The van der Waals surface area contributed by atoms with Crippen LogP contribution in [0.3, 0.4) is 0 Å². The van der Waals surface area contributed by atoms with Crippen LogP contribution in [0.25, 0.3) is 5.03 Å². The molecule has 0 saturated carbocycles. The Morgan fingerprint density at radius 1 is 1.50 bits per heavy atom. The summed E-state index contributed by atoms with van der Waals surface area (Å²) in [5.74, 6) is 0. The van der Waals surface area contributed by atoms with Crippen LogP contribution >= 0.6 is 27.5 Å². The van der Waals surface area contributed by atoms with Crippen LogP contribution in [0, 0.1) is 18.3 Å². The molecule has 0 saturated heterocycles. The summed E-state index contributed by atoms with van der Waals surface area (Å²) in [4.78, 5) is 0. The number of halogens is 2. The molecule has 0 spiro atoms. The van der Waals surface area contributed by atoms with E-state index in [0.717, 1.165) is 15.6 Å². The Balaban J connectivity index is 3.29. The number of hydrogen-bond acceptors (Lipinski definition) is 1. The van der Waals surface area contributed by atoms with Crippen molar-refractivity contribution in [1.82, 2.24) is 0 Å². The fourth-order valence-corrected chi connectivity index (χ4v) is 1.85. The number of aryl methyl sites for hydroxylation is 1. The Hall–Kier alpha value is -0.780. The van der Waals surface area contributed by atoms with Crippen LogP contribution in [0.15, 0.2) is 28.2 Å². The third kappa shape index (κ3) is 2.37. The van der Waals surface area contributed by atoms with Crippen molar-refractivity contribution < 1.29 is 0 Å². The zero-order valence-electron chi connectivity index (χ0n) is 7.94. The van der Waals surface area contributed by atoms with E-state index in [0.29, 0.717) is 10.6 Å². The summed E-state index contributed by atoms with van der Waals surface area (Å²) in [5.41, 5.74) is 2.50. The van der Waals surface area contributed by atoms with E-state index in [9.17, 15) is 0 Å². The maximum Gasteiger partial charge on any atom is 0.0959 e. The van der Waals surface area contributed by atoms with Gasteiger partial charge in [0.15, 0.2) is 0 Å². The first-order valence-electron chi connectivity index (χ1n) is 4.09. The number of hydrogen-bond donors (Lipinski definition) is 0. The van der Waals surface area contributed by atoms with Crippen LogP contribution in [0.1, 0.15) is 18.1 Å². The average molecular weight is 271 g/mol. The third-order valence-electron chi connectivity index (χ3n) is 1.92. The molecule has 14 heavy (non-hydrogen) atoms. The van der Waals surface area contributed by atoms with Crippen LogP contribution in [0.2, 0.25) is 0 Å². The van der Waals surface area contributed by atoms with Crippen molar-refractivity contribution in [2.24, 2.45) is 0 Å². The lowest BCUT2D eigenvalue weighted by atomic mass is 10.1. The molecule has 0 fully saturated rings. The highest BCUT2D eigenvalue weighted by Crippen LogP contribution is 2.27. The molecule has 0 heterocycles. The lowest BCUT2D eigenvalue weighted by molar-refractivity contribution is 1.40. The SMILES string of the molecule is CC(C#N)=C(Cl)c1ccc(Br)cc1C. The first kappa shape index (κ1) is 11.3. The van der Waals surface area contributed by atoms with Crippen molar-refractivity contribution in [1.29, 1.82) is 5.26 Å². The number of allylic oxidation sites excluding steroid dienone is 1. The summed E-state index contributed by atoms with van der Waals surface area (Å²) in [6.45, 7) is 3.68. The smallest absolute Gasteiger partial charge is 0.0959 e. The van der Waals surface area contributed by atoms with E-state index in [4.69, 9.17) is 16.9 Å². The highest BCUT2D eigenvalue weighted by Gasteiger charge is 2.05. The predicted octanol–water partition coefficient (Wildman–Crippen LogP) is 4.25. The molecule has 1 aromatic carbocycles. The Labute approximate surface area is 97.1 Å². The molecule has 0 N–H and O–H groups in total. The Bertz CT molecular complexity index is 429. The van der Waals surface area contributed by atoms with Crippen LogP contribution in [-0.4, -0.2) is 0 Å². The summed E-state index contributed by atoms with van der Waals surface area (Å²) in [6, 6.07) is 7.83. The Morgan fingerprint density at radius 3 is 2.64 bits per heavy atom. The maximum absolute atomic E-state index is 8.71. The Morgan fingerprint density at radius 2 is 2.14 bits per heavy atom. The molecule has 0 unspecified atom stereocenters. The highest BCUT2D eigenvalue weighted by molar-refractivity contribution is 9.10. The van der Waals surface area contributed by atoms with E-state index in [1.165, 1.54) is 0 Å². The van der Waals surface area contributed by atoms with Gasteiger partial charge in [-0.25, -0.2) is 0 Å². The largest absolute Gasteiger partial charge is 0.193 e. The van der Waals surface area contributed by atoms with Gasteiger partial charge >= 0.3 is 0 Å². The lowest BCUT2D eigenvalue weighted by Gasteiger charge is -2.05. The van der Waals surface area contributed by atoms with Gasteiger partial charge in [0.1, 0.15) is 0 Å². The quantitative estimate of drug-likeness (QED) is 0.700. The fourth-order valence-electron chi connectivity index (χ4n) is 1.12. The summed E-state index contributed by atoms with van der Waals surface area (Å²) < 4.78 is 1.01. The van der Waals surface area contributed by atoms with E-state index in [-0.39, 0.29) is 0 Å². The van der Waals surface area contributed by atoms with E-state index in [1.807, 2.05) is 31.2 Å². The van der Waals surface area contributed by atoms with Gasteiger partial charge in [0.05, 0.1) is 11.1 Å². The van der Waals surface area contributed by atoms with E-state index in [1.54, 1.807) is 6.92 Å². The van der Waals surface area contributed by atoms with Gasteiger partial charge in [0, 0.05) is 10.0 Å². The van der Waals surface area contributed by atoms with Crippen LogP contribution in [-0.2, 0) is 0 Å². The van der Waals surface area contributed by atoms with Crippen molar-refractivity contribution in [3.05, 3.63) is 39.4 Å². The molecule has 0 aliphatic carbocycles. The van der Waals surface area contributed by atoms with Crippen molar-refractivity contribution in [3.63, 3.8) is 0 Å². The topological polar surface area (TPSA) is 23.8 Å². The summed E-state index contributed by atoms with van der Waals surface area (Å²) in [5, 5.41) is 9.24. The molecule has 0 atom stereocenters. The highest BCUT2D eigenvalue weighted by atomic mass is 79.9. The third-order valence-corrected chi connectivity index (χ3v) is 2.90. The number of benzene rings is 1. The first-order chi connectivity index (χ1) is 6.56. The minimum absolute atomic E-state index is 0.525. The van der Waals surface area contributed by atoms with Crippen molar-refractivity contribution >= 4 is 32.6 Å². The molecule has 1 rings (SSSR count). The molecule has 0 amide bonds. The molecule has 0 aliphatic rings. The summed E-state index contributed by atoms with van der Waals surface area (Å²) in [7, 11) is 0. The second kappa shape index (κ2) is 4.63. The number of nitriles is 1. The van der Waals surface area contributed by atoms with Gasteiger partial charge in [0.2, 0.25) is 0 Å². The number of nitrogens with zero attached hydrogens (tertiary/aromatic N) is 1. The van der Waals surface area contributed by atoms with Crippen LogP contribution in [0.5, 0.6) is 0 Å². The summed E-state index contributed by atoms with van der Waals surface area (Å²) >= 11 is 9.43. The summed E-state index contributed by atoms with van der Waals surface area (Å²) in [6.07, 6.45) is 0. The molecule has 1 nitrogen and oxygen atoms in total.